The summed E-state index contributed by atoms with van der Waals surface area (Å²) in [5.41, 5.74) is 1.94. The quantitative estimate of drug-likeness (QED) is 0.326. The van der Waals surface area contributed by atoms with Crippen molar-refractivity contribution in [2.75, 3.05) is 18.5 Å². The van der Waals surface area contributed by atoms with Gasteiger partial charge in [0.25, 0.3) is 5.91 Å². The number of carbonyl (C=O) groups excluding carboxylic acids is 3. The number of Topliss-reactive ketones (excluding diaryl/α,β-unsaturated/α-hetero) is 2. The van der Waals surface area contributed by atoms with E-state index >= 15 is 0 Å². The molecule has 1 heterocycles. The zero-order valence-electron chi connectivity index (χ0n) is 24.5. The fourth-order valence-electron chi connectivity index (χ4n) is 6.03. The molecule has 222 valence electrons. The summed E-state index contributed by atoms with van der Waals surface area (Å²) in [5, 5.41) is 3.35. The number of hydrogen-bond donors (Lipinski definition) is 1. The average molecular weight is 657 g/mol. The summed E-state index contributed by atoms with van der Waals surface area (Å²) in [4.78, 5) is 39.9. The lowest BCUT2D eigenvalue weighted by atomic mass is 9.65. The predicted octanol–water partition coefficient (Wildman–Crippen LogP) is 7.92. The van der Waals surface area contributed by atoms with Crippen molar-refractivity contribution in [3.8, 4) is 11.5 Å². The number of rotatable bonds is 7. The summed E-state index contributed by atoms with van der Waals surface area (Å²) in [6.45, 7) is 10.2. The second-order valence-electron chi connectivity index (χ2n) is 12.7. The van der Waals surface area contributed by atoms with Crippen LogP contribution in [0.4, 0.5) is 5.69 Å². The van der Waals surface area contributed by atoms with Crippen LogP contribution in [0.1, 0.15) is 71.8 Å². The van der Waals surface area contributed by atoms with Gasteiger partial charge in [-0.2, -0.15) is 0 Å². The maximum Gasteiger partial charge on any atom is 0.262 e. The van der Waals surface area contributed by atoms with Crippen molar-refractivity contribution < 1.29 is 28.6 Å². The summed E-state index contributed by atoms with van der Waals surface area (Å²) >= 11 is 9.55. The Hall–Kier alpha value is -3.10. The number of ketones is 2. The van der Waals surface area contributed by atoms with Gasteiger partial charge < -0.3 is 19.5 Å². The smallest absolute Gasteiger partial charge is 0.262 e. The molecule has 0 bridgehead atoms. The molecule has 0 radical (unpaired) electrons. The van der Waals surface area contributed by atoms with Crippen LogP contribution in [0.2, 0.25) is 5.02 Å². The topological polar surface area (TPSA) is 90.9 Å². The third kappa shape index (κ3) is 6.30. The molecular formula is C33H35BrClNO6. The van der Waals surface area contributed by atoms with E-state index in [9.17, 15) is 14.4 Å². The number of hydrogen-bond acceptors (Lipinski definition) is 6. The van der Waals surface area contributed by atoms with Crippen LogP contribution < -0.4 is 14.8 Å². The number of carbonyl (C=O) groups is 3. The molecule has 0 spiro atoms. The predicted molar refractivity (Wildman–Crippen MR) is 165 cm³/mol. The van der Waals surface area contributed by atoms with Crippen LogP contribution in [0.15, 0.2) is 63.5 Å². The van der Waals surface area contributed by atoms with Gasteiger partial charge in [0.2, 0.25) is 0 Å². The van der Waals surface area contributed by atoms with Gasteiger partial charge in [-0.1, -0.05) is 39.3 Å². The maximum atomic E-state index is 13.7. The van der Waals surface area contributed by atoms with Crippen LogP contribution in [-0.2, 0) is 19.1 Å². The number of allylic oxidation sites excluding steroid dienone is 4. The van der Waals surface area contributed by atoms with E-state index in [1.54, 1.807) is 24.3 Å². The van der Waals surface area contributed by atoms with Crippen LogP contribution >= 0.6 is 27.5 Å². The molecule has 0 saturated carbocycles. The van der Waals surface area contributed by atoms with Crippen LogP contribution in [0.25, 0.3) is 0 Å². The van der Waals surface area contributed by atoms with E-state index in [4.69, 9.17) is 25.8 Å². The number of nitrogens with one attached hydrogen (secondary N) is 1. The lowest BCUT2D eigenvalue weighted by Gasteiger charge is -2.42. The molecule has 9 heteroatoms. The fraction of sp³-hybridized carbons (Fsp3) is 0.424. The van der Waals surface area contributed by atoms with Crippen molar-refractivity contribution in [3.63, 3.8) is 0 Å². The van der Waals surface area contributed by atoms with Gasteiger partial charge in [-0.15, -0.1) is 0 Å². The molecule has 0 aromatic heterocycles. The standard InChI is InChI=1S/C33H35BrClNO6/c1-6-40-24-12-18(11-21(34)31(24)41-17-27(39)36-20-9-7-19(35)8-10-20)28-29-22(37)13-32(2,3)15-25(29)42-26-16-33(4,5)14-23(38)30(26)28/h7-12,28H,6,13-17H2,1-5H3,(H,36,39). The van der Waals surface area contributed by atoms with E-state index in [1.165, 1.54) is 0 Å². The molecule has 2 aromatic carbocycles. The Balaban J connectivity index is 1.52. The van der Waals surface area contributed by atoms with Crippen molar-refractivity contribution in [2.24, 2.45) is 10.8 Å². The first-order valence-electron chi connectivity index (χ1n) is 14.1. The van der Waals surface area contributed by atoms with Gasteiger partial charge in [0, 0.05) is 53.5 Å². The lowest BCUT2D eigenvalue weighted by Crippen LogP contribution is -2.37. The first-order valence-corrected chi connectivity index (χ1v) is 15.3. The second kappa shape index (κ2) is 11.5. The van der Waals surface area contributed by atoms with Gasteiger partial charge in [-0.3, -0.25) is 14.4 Å². The normalized spacial score (nSPS) is 19.6. The molecule has 0 atom stereocenters. The van der Waals surface area contributed by atoms with Crippen molar-refractivity contribution in [3.05, 3.63) is 74.1 Å². The SMILES string of the molecule is CCOc1cc(C2C3=C(CC(C)(C)CC3=O)OC3=C2C(=O)CC(C)(C)C3)cc(Br)c1OCC(=O)Nc1ccc(Cl)cc1. The van der Waals surface area contributed by atoms with E-state index in [-0.39, 0.29) is 34.9 Å². The Morgan fingerprint density at radius 1 is 0.952 bits per heavy atom. The summed E-state index contributed by atoms with van der Waals surface area (Å²) in [5.74, 6) is 1.12. The van der Waals surface area contributed by atoms with E-state index in [0.29, 0.717) is 81.6 Å². The highest BCUT2D eigenvalue weighted by molar-refractivity contribution is 9.10. The largest absolute Gasteiger partial charge is 0.490 e. The summed E-state index contributed by atoms with van der Waals surface area (Å²) in [6, 6.07) is 10.4. The highest BCUT2D eigenvalue weighted by Gasteiger charge is 2.48. The van der Waals surface area contributed by atoms with Crippen molar-refractivity contribution >= 4 is 50.7 Å². The molecule has 3 aliphatic rings. The number of anilines is 1. The van der Waals surface area contributed by atoms with Gasteiger partial charge in [0.15, 0.2) is 29.7 Å². The van der Waals surface area contributed by atoms with Crippen LogP contribution in [-0.4, -0.2) is 30.7 Å². The molecular weight excluding hydrogens is 622 g/mol. The average Bonchev–Trinajstić information content (AvgIpc) is 2.87. The molecule has 1 aliphatic heterocycles. The zero-order valence-corrected chi connectivity index (χ0v) is 26.8. The minimum absolute atomic E-state index is 0.0105. The van der Waals surface area contributed by atoms with E-state index in [2.05, 4.69) is 48.9 Å². The lowest BCUT2D eigenvalue weighted by molar-refractivity contribution is -0.120. The van der Waals surface area contributed by atoms with Gasteiger partial charge in [-0.05, 0) is 75.6 Å². The van der Waals surface area contributed by atoms with Crippen LogP contribution in [0, 0.1) is 10.8 Å². The first kappa shape index (κ1) is 30.4. The molecule has 1 N–H and O–H groups in total. The van der Waals surface area contributed by atoms with Crippen molar-refractivity contribution in [2.45, 2.75) is 66.2 Å². The molecule has 5 rings (SSSR count). The molecule has 2 aromatic rings. The number of ether oxygens (including phenoxy) is 3. The Labute approximate surface area is 259 Å². The molecule has 42 heavy (non-hydrogen) atoms. The van der Waals surface area contributed by atoms with Crippen LogP contribution in [0.5, 0.6) is 11.5 Å². The van der Waals surface area contributed by atoms with E-state index in [0.717, 1.165) is 5.56 Å². The van der Waals surface area contributed by atoms with Gasteiger partial charge in [0.05, 0.1) is 11.1 Å². The first-order chi connectivity index (χ1) is 19.8. The van der Waals surface area contributed by atoms with Gasteiger partial charge in [0.1, 0.15) is 11.5 Å². The minimum Gasteiger partial charge on any atom is -0.490 e. The third-order valence-corrected chi connectivity index (χ3v) is 8.56. The highest BCUT2D eigenvalue weighted by atomic mass is 79.9. The Morgan fingerprint density at radius 3 is 2.07 bits per heavy atom. The van der Waals surface area contributed by atoms with Crippen molar-refractivity contribution in [1.82, 2.24) is 0 Å². The second-order valence-corrected chi connectivity index (χ2v) is 14.0. The Bertz CT molecular complexity index is 1470. The van der Waals surface area contributed by atoms with Crippen molar-refractivity contribution in [1.29, 1.82) is 0 Å². The molecule has 0 saturated heterocycles. The summed E-state index contributed by atoms with van der Waals surface area (Å²) < 4.78 is 18.9. The Kier molecular flexibility index (Phi) is 8.33. The summed E-state index contributed by atoms with van der Waals surface area (Å²) in [7, 11) is 0. The molecule has 2 aliphatic carbocycles. The zero-order chi connectivity index (χ0) is 30.4. The highest BCUT2D eigenvalue weighted by Crippen LogP contribution is 2.54. The molecule has 0 fully saturated rings. The maximum absolute atomic E-state index is 13.7. The van der Waals surface area contributed by atoms with Crippen LogP contribution in [0.3, 0.4) is 0 Å². The van der Waals surface area contributed by atoms with E-state index < -0.39 is 5.92 Å². The fourth-order valence-corrected chi connectivity index (χ4v) is 6.73. The number of halogens is 2. The van der Waals surface area contributed by atoms with E-state index in [1.807, 2.05) is 19.1 Å². The molecule has 1 amide bonds. The monoisotopic (exact) mass is 655 g/mol. The van der Waals surface area contributed by atoms with Gasteiger partial charge in [-0.25, -0.2) is 0 Å². The number of amides is 1. The molecule has 0 unspecified atom stereocenters. The Morgan fingerprint density at radius 2 is 1.52 bits per heavy atom. The third-order valence-electron chi connectivity index (χ3n) is 7.72. The summed E-state index contributed by atoms with van der Waals surface area (Å²) in [6.07, 6.45) is 1.97. The number of benzene rings is 2. The van der Waals surface area contributed by atoms with Gasteiger partial charge >= 0.3 is 0 Å². The molecule has 7 nitrogen and oxygen atoms in total. The minimum atomic E-state index is -0.575.